The smallest absolute Gasteiger partial charge is 0.346 e. The number of nitrogens with zero attached hydrogens (tertiary/aromatic N) is 5. The lowest BCUT2D eigenvalue weighted by molar-refractivity contribution is 0.362. The molecule has 2 aromatic heterocycles. The SMILES string of the molecule is COc1cc(CNCc2nc3ccccc3[nH]2)ccc1Oc1nnnn1-c1ccccc1. The molecule has 0 aliphatic heterocycles. The topological polar surface area (TPSA) is 103 Å². The largest absolute Gasteiger partial charge is 0.493 e. The molecule has 2 heterocycles. The van der Waals surface area contributed by atoms with E-state index in [0.717, 1.165) is 28.1 Å². The van der Waals surface area contributed by atoms with Crippen LogP contribution in [0.2, 0.25) is 0 Å². The molecule has 5 aromatic rings. The van der Waals surface area contributed by atoms with E-state index in [-0.39, 0.29) is 6.01 Å². The molecule has 0 saturated heterocycles. The molecular formula is C23H21N7O2. The number of tetrazole rings is 1. The zero-order valence-corrected chi connectivity index (χ0v) is 17.4. The number of rotatable bonds is 8. The zero-order chi connectivity index (χ0) is 21.8. The summed E-state index contributed by atoms with van der Waals surface area (Å²) in [5.74, 6) is 2.02. The summed E-state index contributed by atoms with van der Waals surface area (Å²) < 4.78 is 13.0. The first-order valence-corrected chi connectivity index (χ1v) is 10.1. The number of methoxy groups -OCH3 is 1. The van der Waals surface area contributed by atoms with E-state index in [1.54, 1.807) is 7.11 Å². The fraction of sp³-hybridized carbons (Fsp3) is 0.130. The van der Waals surface area contributed by atoms with E-state index < -0.39 is 0 Å². The molecule has 32 heavy (non-hydrogen) atoms. The number of benzene rings is 3. The molecule has 0 atom stereocenters. The first-order chi connectivity index (χ1) is 15.8. The summed E-state index contributed by atoms with van der Waals surface area (Å²) in [5, 5.41) is 15.1. The fourth-order valence-electron chi connectivity index (χ4n) is 3.39. The number of ether oxygens (including phenoxy) is 2. The van der Waals surface area contributed by atoms with Gasteiger partial charge in [0.25, 0.3) is 0 Å². The average Bonchev–Trinajstić information content (AvgIpc) is 3.47. The van der Waals surface area contributed by atoms with Crippen LogP contribution in [0.3, 0.4) is 0 Å². The number of imidazole rings is 1. The van der Waals surface area contributed by atoms with E-state index in [2.05, 4.69) is 30.8 Å². The Balaban J connectivity index is 1.27. The minimum Gasteiger partial charge on any atom is -0.493 e. The summed E-state index contributed by atoms with van der Waals surface area (Å²) in [4.78, 5) is 7.90. The Morgan fingerprint density at radius 1 is 0.938 bits per heavy atom. The number of aromatic amines is 1. The van der Waals surface area contributed by atoms with Crippen LogP contribution in [0.4, 0.5) is 0 Å². The van der Waals surface area contributed by atoms with Crippen molar-refractivity contribution >= 4 is 11.0 Å². The first-order valence-electron chi connectivity index (χ1n) is 10.1. The second-order valence-corrected chi connectivity index (χ2v) is 7.10. The van der Waals surface area contributed by atoms with E-state index in [4.69, 9.17) is 9.47 Å². The van der Waals surface area contributed by atoms with Crippen LogP contribution in [-0.2, 0) is 13.1 Å². The Morgan fingerprint density at radius 3 is 2.62 bits per heavy atom. The Kier molecular flexibility index (Phi) is 5.46. The predicted octanol–water partition coefficient (Wildman–Crippen LogP) is 3.63. The zero-order valence-electron chi connectivity index (χ0n) is 17.4. The molecule has 0 bridgehead atoms. The Hall–Kier alpha value is -4.24. The first kappa shape index (κ1) is 19.7. The van der Waals surface area contributed by atoms with Crippen molar-refractivity contribution < 1.29 is 9.47 Å². The second-order valence-electron chi connectivity index (χ2n) is 7.10. The molecule has 0 unspecified atom stereocenters. The minimum absolute atomic E-state index is 0.255. The van der Waals surface area contributed by atoms with Crippen LogP contribution in [0.5, 0.6) is 17.5 Å². The lowest BCUT2D eigenvalue weighted by atomic mass is 10.2. The van der Waals surface area contributed by atoms with Gasteiger partial charge in [0.2, 0.25) is 0 Å². The maximum absolute atomic E-state index is 5.95. The summed E-state index contributed by atoms with van der Waals surface area (Å²) in [7, 11) is 1.61. The molecule has 0 amide bonds. The van der Waals surface area contributed by atoms with Gasteiger partial charge in [0.15, 0.2) is 11.5 Å². The van der Waals surface area contributed by atoms with Gasteiger partial charge in [-0.2, -0.15) is 4.68 Å². The summed E-state index contributed by atoms with van der Waals surface area (Å²) in [5.41, 5.74) is 3.85. The molecule has 0 aliphatic carbocycles. The average molecular weight is 427 g/mol. The van der Waals surface area contributed by atoms with E-state index in [0.29, 0.717) is 24.6 Å². The number of H-pyrrole nitrogens is 1. The van der Waals surface area contributed by atoms with Gasteiger partial charge in [0.1, 0.15) is 5.82 Å². The number of hydrogen-bond donors (Lipinski definition) is 2. The number of fused-ring (bicyclic) bond motifs is 1. The Morgan fingerprint density at radius 2 is 1.78 bits per heavy atom. The van der Waals surface area contributed by atoms with Crippen LogP contribution in [-0.4, -0.2) is 37.3 Å². The highest BCUT2D eigenvalue weighted by Crippen LogP contribution is 2.32. The number of hydrogen-bond acceptors (Lipinski definition) is 7. The number of aromatic nitrogens is 6. The monoisotopic (exact) mass is 427 g/mol. The van der Waals surface area contributed by atoms with Gasteiger partial charge >= 0.3 is 6.01 Å². The highest BCUT2D eigenvalue weighted by molar-refractivity contribution is 5.74. The quantitative estimate of drug-likeness (QED) is 0.390. The predicted molar refractivity (Wildman–Crippen MR) is 119 cm³/mol. The van der Waals surface area contributed by atoms with Crippen molar-refractivity contribution in [3.63, 3.8) is 0 Å². The molecule has 2 N–H and O–H groups in total. The van der Waals surface area contributed by atoms with Gasteiger partial charge in [-0.15, -0.1) is 0 Å². The Labute approximate surface area is 184 Å². The lowest BCUT2D eigenvalue weighted by Crippen LogP contribution is -2.13. The van der Waals surface area contributed by atoms with Crippen LogP contribution in [0.15, 0.2) is 72.8 Å². The van der Waals surface area contributed by atoms with E-state index >= 15 is 0 Å². The number of nitrogens with one attached hydrogen (secondary N) is 2. The standard InChI is InChI=1S/C23H21N7O2/c1-31-21-13-16(14-24-15-22-25-18-9-5-6-10-19(18)26-22)11-12-20(21)32-23-27-28-29-30(23)17-7-3-2-4-8-17/h2-13,24H,14-15H2,1H3,(H,25,26). The maximum Gasteiger partial charge on any atom is 0.346 e. The molecule has 0 spiro atoms. The summed E-state index contributed by atoms with van der Waals surface area (Å²) >= 11 is 0. The third kappa shape index (κ3) is 4.14. The van der Waals surface area contributed by atoms with Crippen LogP contribution >= 0.6 is 0 Å². The van der Waals surface area contributed by atoms with Crippen molar-refractivity contribution in [1.29, 1.82) is 0 Å². The van der Waals surface area contributed by atoms with Crippen molar-refractivity contribution in [3.8, 4) is 23.2 Å². The van der Waals surface area contributed by atoms with Gasteiger partial charge in [0.05, 0.1) is 30.4 Å². The second kappa shape index (κ2) is 8.86. The molecule has 0 saturated carbocycles. The molecular weight excluding hydrogens is 406 g/mol. The van der Waals surface area contributed by atoms with Crippen molar-refractivity contribution in [2.75, 3.05) is 7.11 Å². The van der Waals surface area contributed by atoms with Crippen LogP contribution in [0.1, 0.15) is 11.4 Å². The van der Waals surface area contributed by atoms with Crippen LogP contribution < -0.4 is 14.8 Å². The van der Waals surface area contributed by atoms with E-state index in [1.807, 2.05) is 72.8 Å². The third-order valence-electron chi connectivity index (χ3n) is 4.93. The van der Waals surface area contributed by atoms with Gasteiger partial charge < -0.3 is 19.8 Å². The minimum atomic E-state index is 0.255. The van der Waals surface area contributed by atoms with E-state index in [9.17, 15) is 0 Å². The number of para-hydroxylation sites is 3. The highest BCUT2D eigenvalue weighted by Gasteiger charge is 2.14. The molecule has 5 rings (SSSR count). The Bertz CT molecular complexity index is 1300. The van der Waals surface area contributed by atoms with Gasteiger partial charge in [-0.25, -0.2) is 4.98 Å². The molecule has 160 valence electrons. The molecule has 9 heteroatoms. The summed E-state index contributed by atoms with van der Waals surface area (Å²) in [6.07, 6.45) is 0. The van der Waals surface area contributed by atoms with Crippen molar-refractivity contribution in [2.24, 2.45) is 0 Å². The van der Waals surface area contributed by atoms with Crippen molar-refractivity contribution in [1.82, 2.24) is 35.5 Å². The molecule has 9 nitrogen and oxygen atoms in total. The molecule has 0 radical (unpaired) electrons. The van der Waals surface area contributed by atoms with Crippen LogP contribution in [0, 0.1) is 0 Å². The summed E-state index contributed by atoms with van der Waals surface area (Å²) in [6, 6.07) is 23.5. The van der Waals surface area contributed by atoms with Crippen molar-refractivity contribution in [3.05, 3.63) is 84.2 Å². The van der Waals surface area contributed by atoms with Gasteiger partial charge in [-0.3, -0.25) is 0 Å². The molecule has 0 fully saturated rings. The molecule has 3 aromatic carbocycles. The lowest BCUT2D eigenvalue weighted by Gasteiger charge is -2.12. The van der Waals surface area contributed by atoms with Gasteiger partial charge in [0, 0.05) is 6.54 Å². The fourth-order valence-corrected chi connectivity index (χ4v) is 3.39. The van der Waals surface area contributed by atoms with Gasteiger partial charge in [-0.05, 0) is 52.4 Å². The van der Waals surface area contributed by atoms with Gasteiger partial charge in [-0.1, -0.05) is 41.5 Å². The van der Waals surface area contributed by atoms with Crippen molar-refractivity contribution in [2.45, 2.75) is 13.1 Å². The highest BCUT2D eigenvalue weighted by atomic mass is 16.5. The normalized spacial score (nSPS) is 11.0. The van der Waals surface area contributed by atoms with E-state index in [1.165, 1.54) is 4.68 Å². The summed E-state index contributed by atoms with van der Waals surface area (Å²) in [6.45, 7) is 1.27. The maximum atomic E-state index is 5.95. The third-order valence-corrected chi connectivity index (χ3v) is 4.93. The van der Waals surface area contributed by atoms with Crippen LogP contribution in [0.25, 0.3) is 16.7 Å². The molecule has 0 aliphatic rings.